The van der Waals surface area contributed by atoms with E-state index in [0.29, 0.717) is 18.0 Å². The van der Waals surface area contributed by atoms with E-state index in [0.717, 1.165) is 23.2 Å². The number of para-hydroxylation sites is 1. The lowest BCUT2D eigenvalue weighted by Crippen LogP contribution is -2.33. The van der Waals surface area contributed by atoms with E-state index in [9.17, 15) is 4.79 Å². The molecule has 1 aromatic rings. The Labute approximate surface area is 126 Å². The molecule has 0 bridgehead atoms. The second-order valence-electron chi connectivity index (χ2n) is 4.92. The van der Waals surface area contributed by atoms with Crippen molar-refractivity contribution in [3.8, 4) is 0 Å². The molecule has 5 heteroatoms. The summed E-state index contributed by atoms with van der Waals surface area (Å²) in [6.45, 7) is 6.59. The highest BCUT2D eigenvalue weighted by Gasteiger charge is 2.09. The standard InChI is InChI=1S/C15H23N3OS/c1-4-11(3)18-13(19)8-9-17-14-10(2)6-5-7-12(14)15(16)20/h5-7,11,17H,4,8-9H2,1-3H3,(H2,16,20)(H,18,19). The second kappa shape index (κ2) is 7.85. The van der Waals surface area contributed by atoms with Gasteiger partial charge in [0.05, 0.1) is 0 Å². The van der Waals surface area contributed by atoms with Crippen LogP contribution in [0.4, 0.5) is 5.69 Å². The Kier molecular flexibility index (Phi) is 6.45. The molecule has 1 aromatic carbocycles. The maximum Gasteiger partial charge on any atom is 0.221 e. The van der Waals surface area contributed by atoms with Gasteiger partial charge in [-0.2, -0.15) is 0 Å². The summed E-state index contributed by atoms with van der Waals surface area (Å²) in [5, 5.41) is 6.20. The van der Waals surface area contributed by atoms with Gasteiger partial charge in [-0.05, 0) is 31.9 Å². The van der Waals surface area contributed by atoms with Crippen molar-refractivity contribution in [3.05, 3.63) is 29.3 Å². The molecular formula is C15H23N3OS. The van der Waals surface area contributed by atoms with Crippen molar-refractivity contribution in [3.63, 3.8) is 0 Å². The molecule has 1 atom stereocenters. The normalized spacial score (nSPS) is 11.8. The van der Waals surface area contributed by atoms with Crippen LogP contribution in [0.15, 0.2) is 18.2 Å². The number of carbonyl (C=O) groups is 1. The van der Waals surface area contributed by atoms with Crippen molar-refractivity contribution in [2.75, 3.05) is 11.9 Å². The zero-order chi connectivity index (χ0) is 15.1. The molecule has 0 aliphatic carbocycles. The fourth-order valence-electron chi connectivity index (χ4n) is 1.86. The van der Waals surface area contributed by atoms with Gasteiger partial charge in [0.25, 0.3) is 0 Å². The minimum atomic E-state index is 0.0531. The molecule has 0 aliphatic rings. The first-order valence-corrected chi connectivity index (χ1v) is 7.29. The number of rotatable bonds is 7. The van der Waals surface area contributed by atoms with Gasteiger partial charge in [0.2, 0.25) is 5.91 Å². The summed E-state index contributed by atoms with van der Waals surface area (Å²) < 4.78 is 0. The lowest BCUT2D eigenvalue weighted by Gasteiger charge is -2.15. The lowest BCUT2D eigenvalue weighted by atomic mass is 10.1. The van der Waals surface area contributed by atoms with Crippen LogP contribution in [0.25, 0.3) is 0 Å². The minimum Gasteiger partial charge on any atom is -0.389 e. The third kappa shape index (κ3) is 4.81. The number of carbonyl (C=O) groups excluding carboxylic acids is 1. The van der Waals surface area contributed by atoms with Gasteiger partial charge < -0.3 is 16.4 Å². The highest BCUT2D eigenvalue weighted by molar-refractivity contribution is 7.80. The molecule has 1 unspecified atom stereocenters. The van der Waals surface area contributed by atoms with E-state index in [1.807, 2.05) is 39.0 Å². The number of hydrogen-bond acceptors (Lipinski definition) is 3. The van der Waals surface area contributed by atoms with E-state index < -0.39 is 0 Å². The van der Waals surface area contributed by atoms with Crippen LogP contribution in [-0.2, 0) is 4.79 Å². The van der Waals surface area contributed by atoms with E-state index in [1.54, 1.807) is 0 Å². The maximum atomic E-state index is 11.7. The van der Waals surface area contributed by atoms with E-state index in [1.165, 1.54) is 0 Å². The summed E-state index contributed by atoms with van der Waals surface area (Å²) in [6, 6.07) is 6.01. The fourth-order valence-corrected chi connectivity index (χ4v) is 2.03. The van der Waals surface area contributed by atoms with Gasteiger partial charge >= 0.3 is 0 Å². The number of thiocarbonyl (C=S) groups is 1. The molecule has 0 aromatic heterocycles. The molecule has 0 radical (unpaired) electrons. The summed E-state index contributed by atoms with van der Waals surface area (Å²) in [5.41, 5.74) is 8.51. The van der Waals surface area contributed by atoms with E-state index >= 15 is 0 Å². The number of nitrogens with one attached hydrogen (secondary N) is 2. The van der Waals surface area contributed by atoms with Crippen molar-refractivity contribution in [1.82, 2.24) is 5.32 Å². The highest BCUT2D eigenvalue weighted by Crippen LogP contribution is 2.20. The fraction of sp³-hybridized carbons (Fsp3) is 0.467. The molecule has 4 N–H and O–H groups in total. The van der Waals surface area contributed by atoms with Crippen LogP contribution < -0.4 is 16.4 Å². The SMILES string of the molecule is CCC(C)NC(=O)CCNc1c(C)cccc1C(N)=S. The van der Waals surface area contributed by atoms with Crippen molar-refractivity contribution in [2.45, 2.75) is 39.7 Å². The Hall–Kier alpha value is -1.62. The topological polar surface area (TPSA) is 67.2 Å². The molecule has 4 nitrogen and oxygen atoms in total. The number of amides is 1. The molecule has 0 saturated carbocycles. The van der Waals surface area contributed by atoms with Crippen LogP contribution in [0.2, 0.25) is 0 Å². The molecule has 0 fully saturated rings. The smallest absolute Gasteiger partial charge is 0.221 e. The zero-order valence-electron chi connectivity index (χ0n) is 12.3. The lowest BCUT2D eigenvalue weighted by molar-refractivity contribution is -0.121. The summed E-state index contributed by atoms with van der Waals surface area (Å²) in [5.74, 6) is 0.0531. The molecule has 20 heavy (non-hydrogen) atoms. The Morgan fingerprint density at radius 3 is 2.75 bits per heavy atom. The highest BCUT2D eigenvalue weighted by atomic mass is 32.1. The van der Waals surface area contributed by atoms with Crippen LogP contribution in [0.3, 0.4) is 0 Å². The summed E-state index contributed by atoms with van der Waals surface area (Å²) in [4.78, 5) is 12.1. The second-order valence-corrected chi connectivity index (χ2v) is 5.36. The van der Waals surface area contributed by atoms with Gasteiger partial charge in [-0.3, -0.25) is 4.79 Å². The predicted octanol–water partition coefficient (Wildman–Crippen LogP) is 2.35. The van der Waals surface area contributed by atoms with Crippen LogP contribution in [-0.4, -0.2) is 23.5 Å². The first-order chi connectivity index (χ1) is 9.45. The largest absolute Gasteiger partial charge is 0.389 e. The van der Waals surface area contributed by atoms with Crippen molar-refractivity contribution in [1.29, 1.82) is 0 Å². The number of anilines is 1. The van der Waals surface area contributed by atoms with Crippen molar-refractivity contribution >= 4 is 28.8 Å². The zero-order valence-corrected chi connectivity index (χ0v) is 13.1. The molecule has 0 aliphatic heterocycles. The quantitative estimate of drug-likeness (QED) is 0.675. The number of hydrogen-bond donors (Lipinski definition) is 3. The minimum absolute atomic E-state index is 0.0531. The van der Waals surface area contributed by atoms with Crippen molar-refractivity contribution < 1.29 is 4.79 Å². The third-order valence-corrected chi connectivity index (χ3v) is 3.43. The third-order valence-electron chi connectivity index (χ3n) is 3.21. The molecule has 1 rings (SSSR count). The molecule has 1 amide bonds. The Morgan fingerprint density at radius 2 is 2.15 bits per heavy atom. The number of benzene rings is 1. The van der Waals surface area contributed by atoms with Gasteiger partial charge in [0.1, 0.15) is 4.99 Å². The first kappa shape index (κ1) is 16.4. The monoisotopic (exact) mass is 293 g/mol. The van der Waals surface area contributed by atoms with Gasteiger partial charge in [0.15, 0.2) is 0 Å². The maximum absolute atomic E-state index is 11.7. The summed E-state index contributed by atoms with van der Waals surface area (Å²) in [6.07, 6.45) is 1.36. The predicted molar refractivity (Wildman–Crippen MR) is 88.1 cm³/mol. The summed E-state index contributed by atoms with van der Waals surface area (Å²) in [7, 11) is 0. The van der Waals surface area contributed by atoms with Crippen LogP contribution in [0.1, 0.15) is 37.8 Å². The van der Waals surface area contributed by atoms with E-state index in [4.69, 9.17) is 18.0 Å². The van der Waals surface area contributed by atoms with Gasteiger partial charge in [-0.1, -0.05) is 31.3 Å². The number of aryl methyl sites for hydroxylation is 1. The van der Waals surface area contributed by atoms with Crippen molar-refractivity contribution in [2.24, 2.45) is 5.73 Å². The van der Waals surface area contributed by atoms with Crippen LogP contribution in [0, 0.1) is 6.92 Å². The first-order valence-electron chi connectivity index (χ1n) is 6.88. The average Bonchev–Trinajstić information content (AvgIpc) is 2.40. The Morgan fingerprint density at radius 1 is 1.45 bits per heavy atom. The molecule has 110 valence electrons. The molecular weight excluding hydrogens is 270 g/mol. The molecule has 0 saturated heterocycles. The number of nitrogens with two attached hydrogens (primary N) is 1. The Bertz CT molecular complexity index is 488. The summed E-state index contributed by atoms with van der Waals surface area (Å²) >= 11 is 5.04. The molecule has 0 heterocycles. The Balaban J connectivity index is 2.58. The van der Waals surface area contributed by atoms with E-state index in [-0.39, 0.29) is 11.9 Å². The van der Waals surface area contributed by atoms with Crippen LogP contribution in [0.5, 0.6) is 0 Å². The molecule has 0 spiro atoms. The van der Waals surface area contributed by atoms with Gasteiger partial charge in [0, 0.05) is 30.3 Å². The average molecular weight is 293 g/mol. The van der Waals surface area contributed by atoms with Gasteiger partial charge in [-0.15, -0.1) is 0 Å². The van der Waals surface area contributed by atoms with Gasteiger partial charge in [-0.25, -0.2) is 0 Å². The van der Waals surface area contributed by atoms with Crippen LogP contribution >= 0.6 is 12.2 Å². The van der Waals surface area contributed by atoms with E-state index in [2.05, 4.69) is 10.6 Å².